The fourth-order valence-electron chi connectivity index (χ4n) is 3.46. The van der Waals surface area contributed by atoms with Crippen LogP contribution >= 0.6 is 11.8 Å². The summed E-state index contributed by atoms with van der Waals surface area (Å²) in [6.07, 6.45) is 1.27. The largest absolute Gasteiger partial charge is 0.439 e. The van der Waals surface area contributed by atoms with Gasteiger partial charge in [-0.1, -0.05) is 0 Å². The zero-order chi connectivity index (χ0) is 15.3. The van der Waals surface area contributed by atoms with Crippen molar-refractivity contribution in [3.05, 3.63) is 10.6 Å². The van der Waals surface area contributed by atoms with E-state index in [9.17, 15) is 9.59 Å². The summed E-state index contributed by atoms with van der Waals surface area (Å²) in [5.74, 6) is 0.0293. The van der Waals surface area contributed by atoms with Crippen LogP contribution in [0.5, 0.6) is 0 Å². The number of amidine groups is 1. The van der Waals surface area contributed by atoms with Gasteiger partial charge in [-0.25, -0.2) is 4.79 Å². The van der Waals surface area contributed by atoms with Gasteiger partial charge >= 0.3 is 6.09 Å². The quantitative estimate of drug-likeness (QED) is 0.771. The van der Waals surface area contributed by atoms with Gasteiger partial charge in [-0.3, -0.25) is 9.79 Å². The van der Waals surface area contributed by atoms with Crippen LogP contribution in [0.2, 0.25) is 0 Å². The molecule has 2 saturated heterocycles. The first-order valence-corrected chi connectivity index (χ1v) is 8.36. The number of piperidine rings is 1. The predicted octanol–water partition coefficient (Wildman–Crippen LogP) is 0.737. The summed E-state index contributed by atoms with van der Waals surface area (Å²) in [6.45, 7) is 5.30. The molecule has 118 valence electrons. The Labute approximate surface area is 132 Å². The number of amides is 2. The summed E-state index contributed by atoms with van der Waals surface area (Å²) in [4.78, 5) is 33.3. The Morgan fingerprint density at radius 1 is 1.45 bits per heavy atom. The lowest BCUT2D eigenvalue weighted by Gasteiger charge is -2.38. The molecule has 1 atom stereocenters. The molecule has 0 aliphatic carbocycles. The maximum Gasteiger partial charge on any atom is 0.407 e. The van der Waals surface area contributed by atoms with Gasteiger partial charge < -0.3 is 19.9 Å². The Hall–Kier alpha value is -1.70. The van der Waals surface area contributed by atoms with E-state index in [0.717, 1.165) is 41.7 Å². The first-order chi connectivity index (χ1) is 10.6. The first-order valence-electron chi connectivity index (χ1n) is 7.55. The van der Waals surface area contributed by atoms with Crippen LogP contribution in [0.15, 0.2) is 15.6 Å². The Morgan fingerprint density at radius 2 is 2.32 bits per heavy atom. The third-order valence-electron chi connectivity index (χ3n) is 4.61. The number of nitrogens with zero attached hydrogens (tertiary/aromatic N) is 3. The van der Waals surface area contributed by atoms with Crippen LogP contribution in [0.3, 0.4) is 0 Å². The van der Waals surface area contributed by atoms with E-state index in [-0.39, 0.29) is 12.0 Å². The van der Waals surface area contributed by atoms with Crippen molar-refractivity contribution in [1.29, 1.82) is 0 Å². The molecule has 4 rings (SSSR count). The highest BCUT2D eigenvalue weighted by atomic mass is 32.2. The highest BCUT2D eigenvalue weighted by Gasteiger charge is 2.46. The van der Waals surface area contributed by atoms with Crippen molar-refractivity contribution in [3.8, 4) is 0 Å². The number of rotatable bonds is 1. The van der Waals surface area contributed by atoms with E-state index < -0.39 is 5.60 Å². The summed E-state index contributed by atoms with van der Waals surface area (Å²) in [5, 5.41) is 3.64. The number of allylic oxidation sites excluding steroid dienone is 1. The number of likely N-dealkylation sites (tertiary alicyclic amines) is 1. The van der Waals surface area contributed by atoms with Crippen molar-refractivity contribution in [3.63, 3.8) is 0 Å². The van der Waals surface area contributed by atoms with Gasteiger partial charge in [-0.05, 0) is 31.5 Å². The number of fused-ring (bicyclic) bond motifs is 1. The molecule has 4 heterocycles. The van der Waals surface area contributed by atoms with Gasteiger partial charge in [-0.2, -0.15) is 0 Å². The second kappa shape index (κ2) is 4.91. The smallest absolute Gasteiger partial charge is 0.407 e. The van der Waals surface area contributed by atoms with Crippen molar-refractivity contribution in [1.82, 2.24) is 15.1 Å². The second-order valence-corrected chi connectivity index (χ2v) is 7.07. The SMILES string of the molecule is CC1=C(C(=O)N2CCC[C@@]3(CNC(=O)O3)C2)SC2=NCCN21. The lowest BCUT2D eigenvalue weighted by atomic mass is 9.93. The number of carbonyl (C=O) groups excluding carboxylic acids is 2. The summed E-state index contributed by atoms with van der Waals surface area (Å²) in [6, 6.07) is 0. The zero-order valence-corrected chi connectivity index (χ0v) is 13.2. The molecule has 0 unspecified atom stereocenters. The average molecular weight is 322 g/mol. The Kier molecular flexibility index (Phi) is 3.11. The summed E-state index contributed by atoms with van der Waals surface area (Å²) in [5.41, 5.74) is 0.448. The highest BCUT2D eigenvalue weighted by Crippen LogP contribution is 2.38. The van der Waals surface area contributed by atoms with E-state index in [1.807, 2.05) is 11.8 Å². The lowest BCUT2D eigenvalue weighted by molar-refractivity contribution is -0.131. The van der Waals surface area contributed by atoms with Crippen molar-refractivity contribution < 1.29 is 14.3 Å². The molecule has 4 aliphatic heterocycles. The van der Waals surface area contributed by atoms with E-state index in [4.69, 9.17) is 4.74 Å². The number of hydrogen-bond donors (Lipinski definition) is 1. The molecule has 1 spiro atoms. The molecule has 1 N–H and O–H groups in total. The molecule has 0 saturated carbocycles. The van der Waals surface area contributed by atoms with Gasteiger partial charge in [0.1, 0.15) is 5.60 Å². The molecule has 2 amide bonds. The fraction of sp³-hybridized carbons (Fsp3) is 0.643. The summed E-state index contributed by atoms with van der Waals surface area (Å²) < 4.78 is 5.43. The molecule has 2 fully saturated rings. The standard InChI is InChI=1S/C14H18N4O3S/c1-9-10(22-12-15-4-6-18(9)12)11(19)17-5-2-3-14(8-17)7-16-13(20)21-14/h2-8H2,1H3,(H,16,20)/t14-/m1/s1. The summed E-state index contributed by atoms with van der Waals surface area (Å²) >= 11 is 1.46. The molecule has 4 aliphatic rings. The number of ether oxygens (including phenoxy) is 1. The molecular formula is C14H18N4O3S. The van der Waals surface area contributed by atoms with Crippen molar-refractivity contribution >= 4 is 28.9 Å². The van der Waals surface area contributed by atoms with Gasteiger partial charge in [0.05, 0.1) is 24.5 Å². The first kappa shape index (κ1) is 13.9. The second-order valence-electron chi connectivity index (χ2n) is 6.09. The number of carbonyl (C=O) groups is 2. The maximum absolute atomic E-state index is 12.9. The third kappa shape index (κ3) is 2.08. The lowest BCUT2D eigenvalue weighted by Crippen LogP contribution is -2.52. The molecule has 22 heavy (non-hydrogen) atoms. The van der Waals surface area contributed by atoms with Crippen LogP contribution in [0.1, 0.15) is 19.8 Å². The topological polar surface area (TPSA) is 74.2 Å². The molecule has 8 heteroatoms. The number of hydrogen-bond acceptors (Lipinski definition) is 6. The predicted molar refractivity (Wildman–Crippen MR) is 82.3 cm³/mol. The van der Waals surface area contributed by atoms with Gasteiger partial charge in [0.25, 0.3) is 5.91 Å². The Balaban J connectivity index is 1.52. The van der Waals surface area contributed by atoms with Crippen molar-refractivity contribution in [2.45, 2.75) is 25.4 Å². The Morgan fingerprint density at radius 3 is 3.05 bits per heavy atom. The molecular weight excluding hydrogens is 304 g/mol. The van der Waals surface area contributed by atoms with Gasteiger partial charge in [0, 0.05) is 18.8 Å². The molecule has 7 nitrogen and oxygen atoms in total. The summed E-state index contributed by atoms with van der Waals surface area (Å²) in [7, 11) is 0. The van der Waals surface area contributed by atoms with Crippen LogP contribution in [0, 0.1) is 0 Å². The third-order valence-corrected chi connectivity index (χ3v) is 5.82. The maximum atomic E-state index is 12.9. The van der Waals surface area contributed by atoms with E-state index in [1.54, 1.807) is 0 Å². The zero-order valence-electron chi connectivity index (χ0n) is 12.4. The number of nitrogens with one attached hydrogen (secondary N) is 1. The van der Waals surface area contributed by atoms with Crippen LogP contribution < -0.4 is 5.32 Å². The van der Waals surface area contributed by atoms with Crippen molar-refractivity contribution in [2.24, 2.45) is 4.99 Å². The minimum absolute atomic E-state index is 0.0293. The van der Waals surface area contributed by atoms with Gasteiger partial charge in [0.2, 0.25) is 0 Å². The van der Waals surface area contributed by atoms with Gasteiger partial charge in [0.15, 0.2) is 5.17 Å². The van der Waals surface area contributed by atoms with Crippen molar-refractivity contribution in [2.75, 3.05) is 32.7 Å². The highest BCUT2D eigenvalue weighted by molar-refractivity contribution is 8.18. The number of alkyl carbamates (subject to hydrolysis) is 1. The van der Waals surface area contributed by atoms with Crippen LogP contribution in [-0.4, -0.2) is 65.3 Å². The number of aliphatic imine (C=N–C) groups is 1. The minimum atomic E-state index is -0.545. The van der Waals surface area contributed by atoms with E-state index in [1.165, 1.54) is 11.8 Å². The monoisotopic (exact) mass is 322 g/mol. The fourth-order valence-corrected chi connectivity index (χ4v) is 4.61. The van der Waals surface area contributed by atoms with Crippen LogP contribution in [0.4, 0.5) is 4.79 Å². The molecule has 0 aromatic carbocycles. The van der Waals surface area contributed by atoms with Crippen LogP contribution in [0.25, 0.3) is 0 Å². The average Bonchev–Trinajstić information content (AvgIpc) is 3.17. The van der Waals surface area contributed by atoms with E-state index in [2.05, 4.69) is 15.2 Å². The molecule has 0 radical (unpaired) electrons. The van der Waals surface area contributed by atoms with Gasteiger partial charge in [-0.15, -0.1) is 0 Å². The Bertz CT molecular complexity index is 617. The molecule has 0 aromatic heterocycles. The van der Waals surface area contributed by atoms with Crippen LogP contribution in [-0.2, 0) is 9.53 Å². The number of thioether (sulfide) groups is 1. The van der Waals surface area contributed by atoms with E-state index in [0.29, 0.717) is 19.6 Å². The van der Waals surface area contributed by atoms with E-state index >= 15 is 0 Å². The normalized spacial score (nSPS) is 30.6. The molecule has 0 bridgehead atoms. The minimum Gasteiger partial charge on any atom is -0.439 e. The molecule has 0 aromatic rings.